The molecule has 1 N–H and O–H groups in total. The molecule has 2 amide bonds. The van der Waals surface area contributed by atoms with Crippen LogP contribution in [0, 0.1) is 5.92 Å². The zero-order chi connectivity index (χ0) is 18.3. The first-order chi connectivity index (χ1) is 12.5. The van der Waals surface area contributed by atoms with Crippen LogP contribution < -0.4 is 10.2 Å². The van der Waals surface area contributed by atoms with Crippen molar-refractivity contribution in [3.8, 4) is 0 Å². The van der Waals surface area contributed by atoms with Gasteiger partial charge >= 0.3 is 0 Å². The average Bonchev–Trinajstić information content (AvgIpc) is 2.63. The quantitative estimate of drug-likeness (QED) is 0.884. The zero-order valence-corrected chi connectivity index (χ0v) is 15.8. The smallest absolute Gasteiger partial charge is 0.250 e. The fraction of sp³-hybridized carbons (Fsp3) is 0.619. The molecule has 1 aliphatic carbocycles. The van der Waals surface area contributed by atoms with Crippen LogP contribution in [-0.4, -0.2) is 41.4 Å². The molecule has 5 nitrogen and oxygen atoms in total. The highest BCUT2D eigenvalue weighted by atomic mass is 16.2. The van der Waals surface area contributed by atoms with Gasteiger partial charge in [0, 0.05) is 6.04 Å². The number of nitrogens with one attached hydrogen (secondary N) is 1. The number of fused-ring (bicyclic) bond motifs is 2. The highest BCUT2D eigenvalue weighted by Crippen LogP contribution is 2.38. The van der Waals surface area contributed by atoms with Crippen molar-refractivity contribution >= 4 is 23.2 Å². The number of anilines is 2. The summed E-state index contributed by atoms with van der Waals surface area (Å²) in [6, 6.07) is 8.13. The van der Waals surface area contributed by atoms with Gasteiger partial charge in [0.1, 0.15) is 5.54 Å². The fourth-order valence-corrected chi connectivity index (χ4v) is 5.07. The second kappa shape index (κ2) is 6.69. The van der Waals surface area contributed by atoms with E-state index in [0.29, 0.717) is 12.6 Å². The lowest BCUT2D eigenvalue weighted by Crippen LogP contribution is -2.61. The number of rotatable bonds is 2. The first-order valence-corrected chi connectivity index (χ1v) is 9.96. The van der Waals surface area contributed by atoms with Gasteiger partial charge in [0.15, 0.2) is 0 Å². The maximum Gasteiger partial charge on any atom is 0.250 e. The Kier molecular flexibility index (Phi) is 4.51. The van der Waals surface area contributed by atoms with Crippen LogP contribution >= 0.6 is 0 Å². The molecule has 0 spiro atoms. The maximum absolute atomic E-state index is 13.4. The lowest BCUT2D eigenvalue weighted by atomic mass is 9.78. The molecule has 2 atom stereocenters. The summed E-state index contributed by atoms with van der Waals surface area (Å²) in [6.45, 7) is 5.06. The largest absolute Gasteiger partial charge is 0.322 e. The molecule has 2 heterocycles. The van der Waals surface area contributed by atoms with Crippen molar-refractivity contribution in [2.45, 2.75) is 64.0 Å². The summed E-state index contributed by atoms with van der Waals surface area (Å²) < 4.78 is 0. The number of likely N-dealkylation sites (tertiary alicyclic amines) is 1. The number of hydrogen-bond acceptors (Lipinski definition) is 3. The molecule has 2 unspecified atom stereocenters. The minimum Gasteiger partial charge on any atom is -0.322 e. The van der Waals surface area contributed by atoms with E-state index in [0.717, 1.165) is 23.8 Å². The Bertz CT molecular complexity index is 713. The topological polar surface area (TPSA) is 52.7 Å². The van der Waals surface area contributed by atoms with Crippen molar-refractivity contribution in [3.63, 3.8) is 0 Å². The second-order valence-electron chi connectivity index (χ2n) is 8.48. The number of hydrogen-bond donors (Lipinski definition) is 1. The monoisotopic (exact) mass is 355 g/mol. The molecule has 1 aromatic rings. The third-order valence-electron chi connectivity index (χ3n) is 6.45. The van der Waals surface area contributed by atoms with E-state index in [-0.39, 0.29) is 11.8 Å². The summed E-state index contributed by atoms with van der Waals surface area (Å²) >= 11 is 0. The van der Waals surface area contributed by atoms with Gasteiger partial charge in [-0.05, 0) is 64.1 Å². The summed E-state index contributed by atoms with van der Waals surface area (Å²) in [7, 11) is 0. The minimum atomic E-state index is -0.882. The van der Waals surface area contributed by atoms with Crippen LogP contribution in [0.2, 0.25) is 0 Å². The molecule has 1 aromatic carbocycles. The number of piperidine rings is 1. The van der Waals surface area contributed by atoms with Gasteiger partial charge in [-0.1, -0.05) is 25.0 Å². The van der Waals surface area contributed by atoms with E-state index >= 15 is 0 Å². The van der Waals surface area contributed by atoms with Gasteiger partial charge in [-0.3, -0.25) is 19.4 Å². The van der Waals surface area contributed by atoms with Crippen LogP contribution in [-0.2, 0) is 9.59 Å². The van der Waals surface area contributed by atoms with Gasteiger partial charge in [0.2, 0.25) is 11.8 Å². The molecule has 0 aromatic heterocycles. The summed E-state index contributed by atoms with van der Waals surface area (Å²) in [6.07, 6.45) is 7.58. The molecule has 3 aliphatic rings. The van der Waals surface area contributed by atoms with Gasteiger partial charge in [0.05, 0.1) is 17.9 Å². The number of carbonyl (C=O) groups is 2. The van der Waals surface area contributed by atoms with Crippen molar-refractivity contribution in [1.29, 1.82) is 0 Å². The summed E-state index contributed by atoms with van der Waals surface area (Å²) in [5.41, 5.74) is 0.645. The number of nitrogens with zero attached hydrogens (tertiary/aromatic N) is 2. The number of amides is 2. The standard InChI is InChI=1S/C21H29N3O2/c1-21(2)20(26)22-16-10-4-6-12-18(16)24(21)19(25)14-23-13-7-9-15-8-3-5-11-17(15)23/h4,6,10,12,15,17H,3,5,7-9,11,13-14H2,1-2H3,(H,22,26). The highest BCUT2D eigenvalue weighted by Gasteiger charge is 2.44. The molecule has 140 valence electrons. The number of para-hydroxylation sites is 2. The SMILES string of the molecule is CC1(C)C(=O)Nc2ccccc2N1C(=O)CN1CCCC2CCCCC21. The Balaban J connectivity index is 1.59. The van der Waals surface area contributed by atoms with E-state index in [1.807, 2.05) is 38.1 Å². The molecule has 2 fully saturated rings. The molecule has 2 aliphatic heterocycles. The van der Waals surface area contributed by atoms with E-state index in [4.69, 9.17) is 0 Å². The van der Waals surface area contributed by atoms with E-state index in [1.165, 1.54) is 38.5 Å². The summed E-state index contributed by atoms with van der Waals surface area (Å²) in [4.78, 5) is 30.1. The van der Waals surface area contributed by atoms with Crippen molar-refractivity contribution < 1.29 is 9.59 Å². The van der Waals surface area contributed by atoms with E-state index < -0.39 is 5.54 Å². The third kappa shape index (κ3) is 2.92. The lowest BCUT2D eigenvalue weighted by Gasteiger charge is -2.46. The van der Waals surface area contributed by atoms with Gasteiger partial charge in [-0.25, -0.2) is 0 Å². The van der Waals surface area contributed by atoms with E-state index in [9.17, 15) is 9.59 Å². The highest BCUT2D eigenvalue weighted by molar-refractivity contribution is 6.14. The van der Waals surface area contributed by atoms with Gasteiger partial charge < -0.3 is 5.32 Å². The first kappa shape index (κ1) is 17.5. The Hall–Kier alpha value is -1.88. The molecule has 4 rings (SSSR count). The summed E-state index contributed by atoms with van der Waals surface area (Å²) in [5.74, 6) is 0.650. The Morgan fingerprint density at radius 3 is 2.73 bits per heavy atom. The predicted molar refractivity (Wildman–Crippen MR) is 103 cm³/mol. The second-order valence-corrected chi connectivity index (χ2v) is 8.48. The van der Waals surface area contributed by atoms with Gasteiger partial charge in [-0.15, -0.1) is 0 Å². The van der Waals surface area contributed by atoms with Crippen molar-refractivity contribution in [2.75, 3.05) is 23.3 Å². The molecule has 0 bridgehead atoms. The fourth-order valence-electron chi connectivity index (χ4n) is 5.07. The Morgan fingerprint density at radius 1 is 1.15 bits per heavy atom. The Labute approximate surface area is 155 Å². The lowest BCUT2D eigenvalue weighted by molar-refractivity contribution is -0.128. The number of carbonyl (C=O) groups excluding carboxylic acids is 2. The molecule has 0 radical (unpaired) electrons. The van der Waals surface area contributed by atoms with Gasteiger partial charge in [-0.2, -0.15) is 0 Å². The summed E-state index contributed by atoms with van der Waals surface area (Å²) in [5, 5.41) is 2.94. The van der Waals surface area contributed by atoms with E-state index in [2.05, 4.69) is 10.2 Å². The minimum absolute atomic E-state index is 0.0310. The molecular formula is C21H29N3O2. The van der Waals surface area contributed by atoms with Crippen LogP contribution in [0.25, 0.3) is 0 Å². The third-order valence-corrected chi connectivity index (χ3v) is 6.45. The van der Waals surface area contributed by atoms with Crippen LogP contribution in [0.3, 0.4) is 0 Å². The molecular weight excluding hydrogens is 326 g/mol. The van der Waals surface area contributed by atoms with Crippen molar-refractivity contribution in [3.05, 3.63) is 24.3 Å². The normalized spacial score (nSPS) is 28.1. The van der Waals surface area contributed by atoms with Crippen LogP contribution in [0.4, 0.5) is 11.4 Å². The van der Waals surface area contributed by atoms with Crippen LogP contribution in [0.1, 0.15) is 52.4 Å². The molecule has 26 heavy (non-hydrogen) atoms. The average molecular weight is 355 g/mol. The molecule has 1 saturated heterocycles. The van der Waals surface area contributed by atoms with Crippen LogP contribution in [0.15, 0.2) is 24.3 Å². The predicted octanol–water partition coefficient (Wildman–Crippen LogP) is 3.40. The molecule has 5 heteroatoms. The van der Waals surface area contributed by atoms with Crippen molar-refractivity contribution in [2.24, 2.45) is 5.92 Å². The first-order valence-electron chi connectivity index (χ1n) is 9.96. The zero-order valence-electron chi connectivity index (χ0n) is 15.8. The maximum atomic E-state index is 13.4. The van der Waals surface area contributed by atoms with E-state index in [1.54, 1.807) is 4.90 Å². The Morgan fingerprint density at radius 2 is 1.88 bits per heavy atom. The number of benzene rings is 1. The van der Waals surface area contributed by atoms with Crippen molar-refractivity contribution in [1.82, 2.24) is 4.90 Å². The van der Waals surface area contributed by atoms with Crippen LogP contribution in [0.5, 0.6) is 0 Å². The van der Waals surface area contributed by atoms with Gasteiger partial charge in [0.25, 0.3) is 0 Å². The molecule has 1 saturated carbocycles.